The summed E-state index contributed by atoms with van der Waals surface area (Å²) in [7, 11) is 0. The Labute approximate surface area is 81.2 Å². The van der Waals surface area contributed by atoms with Gasteiger partial charge in [0.1, 0.15) is 0 Å². The molecule has 1 rings (SSSR count). The highest BCUT2D eigenvalue weighted by Gasteiger charge is 1.99. The van der Waals surface area contributed by atoms with Crippen molar-refractivity contribution in [3.05, 3.63) is 34.9 Å². The monoisotopic (exact) mass is 200 g/mol. The molecule has 2 nitrogen and oxygen atoms in total. The minimum absolute atomic E-state index is 0.390. The van der Waals surface area contributed by atoms with Crippen molar-refractivity contribution >= 4 is 17.7 Å². The van der Waals surface area contributed by atoms with Crippen molar-refractivity contribution in [3.8, 4) is 0 Å². The van der Waals surface area contributed by atoms with Crippen LogP contribution in [0.4, 0.5) is 4.39 Å². The fourth-order valence-corrected chi connectivity index (χ4v) is 1.03. The van der Waals surface area contributed by atoms with E-state index in [9.17, 15) is 4.39 Å². The third-order valence-electron chi connectivity index (χ3n) is 1.46. The standard InChI is InChI=1S/C9H10ClFN2/c10-8-5-7(3-1-2-4-12)9(11)13-6-8/h1,3,5-6H,2,4,12H2. The average molecular weight is 201 g/mol. The lowest BCUT2D eigenvalue weighted by Crippen LogP contribution is -1.95. The number of rotatable bonds is 3. The van der Waals surface area contributed by atoms with Gasteiger partial charge in [-0.25, -0.2) is 4.98 Å². The van der Waals surface area contributed by atoms with Gasteiger partial charge in [0.15, 0.2) is 0 Å². The topological polar surface area (TPSA) is 38.9 Å². The molecule has 0 atom stereocenters. The van der Waals surface area contributed by atoms with E-state index in [1.165, 1.54) is 12.3 Å². The first-order valence-corrected chi connectivity index (χ1v) is 4.29. The Hall–Kier alpha value is -0.930. The van der Waals surface area contributed by atoms with E-state index in [0.29, 0.717) is 23.6 Å². The van der Waals surface area contributed by atoms with E-state index in [1.807, 2.05) is 0 Å². The molecule has 0 aromatic carbocycles. The number of hydrogen-bond acceptors (Lipinski definition) is 2. The number of nitrogens with two attached hydrogens (primary N) is 1. The molecule has 0 saturated carbocycles. The molecule has 0 saturated heterocycles. The normalized spacial score (nSPS) is 11.0. The second-order valence-corrected chi connectivity index (χ2v) is 2.95. The summed E-state index contributed by atoms with van der Waals surface area (Å²) in [6.45, 7) is 0.548. The van der Waals surface area contributed by atoms with Crippen LogP contribution in [0.2, 0.25) is 5.02 Å². The summed E-state index contributed by atoms with van der Waals surface area (Å²) in [5, 5.41) is 0.425. The van der Waals surface area contributed by atoms with E-state index < -0.39 is 5.95 Å². The van der Waals surface area contributed by atoms with E-state index in [1.54, 1.807) is 12.2 Å². The molecular formula is C9H10ClFN2. The Morgan fingerprint density at radius 3 is 3.08 bits per heavy atom. The molecule has 0 fully saturated rings. The highest BCUT2D eigenvalue weighted by Crippen LogP contribution is 2.13. The van der Waals surface area contributed by atoms with Crippen molar-refractivity contribution in [3.63, 3.8) is 0 Å². The molecule has 0 spiro atoms. The van der Waals surface area contributed by atoms with E-state index in [2.05, 4.69) is 4.98 Å². The Bertz CT molecular complexity index is 312. The summed E-state index contributed by atoms with van der Waals surface area (Å²) >= 11 is 5.64. The van der Waals surface area contributed by atoms with Gasteiger partial charge in [0, 0.05) is 11.8 Å². The minimum Gasteiger partial charge on any atom is -0.330 e. The molecule has 0 bridgehead atoms. The SMILES string of the molecule is NCCC=Cc1cc(Cl)cnc1F. The van der Waals surface area contributed by atoms with Crippen LogP contribution in [0, 0.1) is 5.95 Å². The van der Waals surface area contributed by atoms with Gasteiger partial charge in [-0.1, -0.05) is 23.8 Å². The number of halogens is 2. The maximum atomic E-state index is 12.9. The number of pyridine rings is 1. The number of aromatic nitrogens is 1. The molecular weight excluding hydrogens is 191 g/mol. The van der Waals surface area contributed by atoms with Crippen LogP contribution >= 0.6 is 11.6 Å². The highest BCUT2D eigenvalue weighted by molar-refractivity contribution is 6.30. The van der Waals surface area contributed by atoms with Crippen LogP contribution in [0.15, 0.2) is 18.3 Å². The zero-order chi connectivity index (χ0) is 9.68. The van der Waals surface area contributed by atoms with Gasteiger partial charge >= 0.3 is 0 Å². The molecule has 70 valence electrons. The van der Waals surface area contributed by atoms with Gasteiger partial charge in [-0.15, -0.1) is 0 Å². The second kappa shape index (κ2) is 4.94. The number of hydrogen-bond donors (Lipinski definition) is 1. The molecule has 1 aromatic rings. The fourth-order valence-electron chi connectivity index (χ4n) is 0.862. The quantitative estimate of drug-likeness (QED) is 0.760. The van der Waals surface area contributed by atoms with Gasteiger partial charge < -0.3 is 5.73 Å². The molecule has 2 N–H and O–H groups in total. The summed E-state index contributed by atoms with van der Waals surface area (Å²) < 4.78 is 12.9. The molecule has 0 unspecified atom stereocenters. The van der Waals surface area contributed by atoms with Crippen molar-refractivity contribution in [2.75, 3.05) is 6.54 Å². The van der Waals surface area contributed by atoms with Crippen molar-refractivity contribution in [1.29, 1.82) is 0 Å². The maximum absolute atomic E-state index is 12.9. The van der Waals surface area contributed by atoms with Gasteiger partial charge in [0.05, 0.1) is 5.02 Å². The van der Waals surface area contributed by atoms with Gasteiger partial charge in [-0.2, -0.15) is 4.39 Å². The van der Waals surface area contributed by atoms with Gasteiger partial charge in [0.2, 0.25) is 5.95 Å². The molecule has 0 radical (unpaired) electrons. The van der Waals surface area contributed by atoms with Crippen LogP contribution in [0.1, 0.15) is 12.0 Å². The molecule has 1 aromatic heterocycles. The summed E-state index contributed by atoms with van der Waals surface area (Å²) in [6.07, 6.45) is 5.40. The molecule has 0 amide bonds. The molecule has 13 heavy (non-hydrogen) atoms. The first-order valence-electron chi connectivity index (χ1n) is 3.91. The van der Waals surface area contributed by atoms with Gasteiger partial charge in [-0.3, -0.25) is 0 Å². The highest BCUT2D eigenvalue weighted by atomic mass is 35.5. The van der Waals surface area contributed by atoms with Crippen molar-refractivity contribution in [2.24, 2.45) is 5.73 Å². The minimum atomic E-state index is -0.516. The van der Waals surface area contributed by atoms with Crippen molar-refractivity contribution in [1.82, 2.24) is 4.98 Å². The third kappa shape index (κ3) is 3.13. The zero-order valence-electron chi connectivity index (χ0n) is 7.00. The van der Waals surface area contributed by atoms with E-state index >= 15 is 0 Å². The molecule has 1 heterocycles. The van der Waals surface area contributed by atoms with Crippen molar-refractivity contribution in [2.45, 2.75) is 6.42 Å². The van der Waals surface area contributed by atoms with E-state index in [4.69, 9.17) is 17.3 Å². The predicted octanol–water partition coefficient (Wildman–Crippen LogP) is 2.24. The Morgan fingerprint density at radius 2 is 2.38 bits per heavy atom. The van der Waals surface area contributed by atoms with Crippen LogP contribution in [-0.4, -0.2) is 11.5 Å². The first-order chi connectivity index (χ1) is 6.24. The smallest absolute Gasteiger partial charge is 0.220 e. The van der Waals surface area contributed by atoms with Crippen molar-refractivity contribution < 1.29 is 4.39 Å². The second-order valence-electron chi connectivity index (χ2n) is 2.51. The summed E-state index contributed by atoms with van der Waals surface area (Å²) in [5.41, 5.74) is 5.66. The van der Waals surface area contributed by atoms with Crippen LogP contribution in [0.3, 0.4) is 0 Å². The van der Waals surface area contributed by atoms with Crippen LogP contribution < -0.4 is 5.73 Å². The maximum Gasteiger partial charge on any atom is 0.220 e. The number of nitrogens with zero attached hydrogens (tertiary/aromatic N) is 1. The fraction of sp³-hybridized carbons (Fsp3) is 0.222. The predicted molar refractivity (Wildman–Crippen MR) is 51.9 cm³/mol. The van der Waals surface area contributed by atoms with Gasteiger partial charge in [0.25, 0.3) is 0 Å². The molecule has 4 heteroatoms. The van der Waals surface area contributed by atoms with E-state index in [-0.39, 0.29) is 0 Å². The zero-order valence-corrected chi connectivity index (χ0v) is 7.76. The summed E-state index contributed by atoms with van der Waals surface area (Å²) in [4.78, 5) is 3.48. The lowest BCUT2D eigenvalue weighted by atomic mass is 10.2. The Balaban J connectivity index is 2.81. The van der Waals surface area contributed by atoms with Crippen LogP contribution in [-0.2, 0) is 0 Å². The van der Waals surface area contributed by atoms with E-state index in [0.717, 1.165) is 0 Å². The average Bonchev–Trinajstić information content (AvgIpc) is 2.11. The largest absolute Gasteiger partial charge is 0.330 e. The Morgan fingerprint density at radius 1 is 1.62 bits per heavy atom. The van der Waals surface area contributed by atoms with Crippen LogP contribution in [0.25, 0.3) is 6.08 Å². The summed E-state index contributed by atoms with van der Waals surface area (Å²) in [6, 6.07) is 1.52. The lowest BCUT2D eigenvalue weighted by molar-refractivity contribution is 0.581. The molecule has 0 aliphatic heterocycles. The van der Waals surface area contributed by atoms with Gasteiger partial charge in [-0.05, 0) is 19.0 Å². The first kappa shape index (κ1) is 10.2. The summed E-state index contributed by atoms with van der Waals surface area (Å²) in [5.74, 6) is -0.516. The lowest BCUT2D eigenvalue weighted by Gasteiger charge is -1.95. The Kier molecular flexibility index (Phi) is 3.86. The third-order valence-corrected chi connectivity index (χ3v) is 1.67. The molecule has 0 aliphatic rings. The van der Waals surface area contributed by atoms with Crippen LogP contribution in [0.5, 0.6) is 0 Å². The molecule has 0 aliphatic carbocycles.